The first-order valence-corrected chi connectivity index (χ1v) is 3.43. The maximum Gasteiger partial charge on any atom is 0.417 e. The molecule has 0 saturated carbocycles. The first-order valence-electron chi connectivity index (χ1n) is 3.43. The first-order chi connectivity index (χ1) is 6.39. The summed E-state index contributed by atoms with van der Waals surface area (Å²) in [5, 5.41) is 0. The summed E-state index contributed by atoms with van der Waals surface area (Å²) in [7, 11) is 0. The van der Waals surface area contributed by atoms with Crippen LogP contribution in [0.2, 0.25) is 0 Å². The van der Waals surface area contributed by atoms with Gasteiger partial charge in [-0.2, -0.15) is 22.0 Å². The molecule has 0 aliphatic rings. The van der Waals surface area contributed by atoms with E-state index in [4.69, 9.17) is 0 Å². The largest absolute Gasteiger partial charge is 0.435 e. The lowest BCUT2D eigenvalue weighted by molar-refractivity contribution is -0.137. The molecule has 1 aromatic carbocycles. The summed E-state index contributed by atoms with van der Waals surface area (Å²) in [6.45, 7) is -3.06. The molecule has 0 amide bonds. The summed E-state index contributed by atoms with van der Waals surface area (Å²) in [5.41, 5.74) is -1.03. The van der Waals surface area contributed by atoms with Gasteiger partial charge in [-0.1, -0.05) is 0 Å². The molecule has 1 aromatic rings. The highest BCUT2D eigenvalue weighted by molar-refractivity contribution is 5.27. The second-order valence-corrected chi connectivity index (χ2v) is 2.31. The molecule has 1 radical (unpaired) electrons. The van der Waals surface area contributed by atoms with Gasteiger partial charge in [-0.15, -0.1) is 0 Å². The second kappa shape index (κ2) is 3.81. The third-order valence-corrected chi connectivity index (χ3v) is 1.31. The van der Waals surface area contributed by atoms with Gasteiger partial charge >= 0.3 is 12.8 Å². The van der Waals surface area contributed by atoms with Crippen molar-refractivity contribution in [1.82, 2.24) is 0 Å². The summed E-state index contributed by atoms with van der Waals surface area (Å²) >= 11 is 0. The molecule has 0 saturated heterocycles. The summed E-state index contributed by atoms with van der Waals surface area (Å²) in [5.74, 6) is -0.354. The molecule has 0 unspecified atom stereocenters. The van der Waals surface area contributed by atoms with E-state index in [0.29, 0.717) is 6.07 Å². The Balaban J connectivity index is 2.79. The van der Waals surface area contributed by atoms with E-state index in [1.54, 1.807) is 6.07 Å². The van der Waals surface area contributed by atoms with Crippen LogP contribution >= 0.6 is 0 Å². The number of ether oxygens (including phenoxy) is 1. The fourth-order valence-electron chi connectivity index (χ4n) is 0.763. The molecule has 1 nitrogen and oxygen atoms in total. The van der Waals surface area contributed by atoms with Crippen molar-refractivity contribution >= 4 is 0 Å². The van der Waals surface area contributed by atoms with E-state index in [0.717, 1.165) is 12.1 Å². The Labute approximate surface area is 76.1 Å². The highest BCUT2D eigenvalue weighted by Crippen LogP contribution is 2.29. The van der Waals surface area contributed by atoms with Gasteiger partial charge in [0.2, 0.25) is 0 Å². The van der Waals surface area contributed by atoms with Crippen LogP contribution in [0.1, 0.15) is 5.56 Å². The highest BCUT2D eigenvalue weighted by atomic mass is 19.4. The predicted octanol–water partition coefficient (Wildman–Crippen LogP) is 3.11. The van der Waals surface area contributed by atoms with Crippen LogP contribution in [0, 0.1) is 6.07 Å². The molecule has 1 rings (SSSR count). The Morgan fingerprint density at radius 3 is 2.21 bits per heavy atom. The van der Waals surface area contributed by atoms with Gasteiger partial charge in [0, 0.05) is 0 Å². The summed E-state index contributed by atoms with van der Waals surface area (Å²) in [4.78, 5) is 0. The van der Waals surface area contributed by atoms with Crippen LogP contribution in [0.5, 0.6) is 5.75 Å². The number of rotatable bonds is 2. The van der Waals surface area contributed by atoms with Gasteiger partial charge in [0.15, 0.2) is 0 Å². The van der Waals surface area contributed by atoms with E-state index >= 15 is 0 Å². The Bertz CT molecular complexity index is 290. The number of hydrogen-bond donors (Lipinski definition) is 0. The molecule has 0 fully saturated rings. The zero-order chi connectivity index (χ0) is 10.8. The minimum atomic E-state index is -4.52. The van der Waals surface area contributed by atoms with Crippen LogP contribution in [0.4, 0.5) is 22.0 Å². The quantitative estimate of drug-likeness (QED) is 0.683. The molecule has 0 N–H and O–H groups in total. The van der Waals surface area contributed by atoms with Crippen molar-refractivity contribution in [2.75, 3.05) is 0 Å². The molecular weight excluding hydrogens is 207 g/mol. The van der Waals surface area contributed by atoms with Crippen molar-refractivity contribution < 1.29 is 26.7 Å². The standard InChI is InChI=1S/C8H4F5O/c9-7(10)14-6-3-1-5(2-4-6)8(11,12)13/h1,3-4,7H. The molecule has 6 heteroatoms. The Kier molecular flexibility index (Phi) is 2.93. The van der Waals surface area contributed by atoms with Crippen LogP contribution in [-0.2, 0) is 6.18 Å². The lowest BCUT2D eigenvalue weighted by Crippen LogP contribution is -2.06. The van der Waals surface area contributed by atoms with Crippen LogP contribution < -0.4 is 4.74 Å². The van der Waals surface area contributed by atoms with Crippen molar-refractivity contribution in [3.63, 3.8) is 0 Å². The molecule has 0 spiro atoms. The fourth-order valence-corrected chi connectivity index (χ4v) is 0.763. The van der Waals surface area contributed by atoms with Crippen molar-refractivity contribution in [3.05, 3.63) is 29.8 Å². The highest BCUT2D eigenvalue weighted by Gasteiger charge is 2.30. The average molecular weight is 211 g/mol. The predicted molar refractivity (Wildman–Crippen MR) is 36.9 cm³/mol. The van der Waals surface area contributed by atoms with E-state index in [2.05, 4.69) is 4.74 Å². The summed E-state index contributed by atoms with van der Waals surface area (Å²) in [6.07, 6.45) is -4.52. The molecule has 0 aromatic heterocycles. The van der Waals surface area contributed by atoms with Crippen LogP contribution in [0.25, 0.3) is 0 Å². The maximum atomic E-state index is 12.0. The van der Waals surface area contributed by atoms with Crippen LogP contribution in [-0.4, -0.2) is 6.61 Å². The summed E-state index contributed by atoms with van der Waals surface area (Å²) < 4.78 is 62.9. The third-order valence-electron chi connectivity index (χ3n) is 1.31. The van der Waals surface area contributed by atoms with Crippen LogP contribution in [0.3, 0.4) is 0 Å². The van der Waals surface area contributed by atoms with Crippen molar-refractivity contribution in [1.29, 1.82) is 0 Å². The van der Waals surface area contributed by atoms with Gasteiger partial charge < -0.3 is 4.74 Å². The van der Waals surface area contributed by atoms with E-state index in [1.807, 2.05) is 0 Å². The monoisotopic (exact) mass is 211 g/mol. The molecule has 14 heavy (non-hydrogen) atoms. The zero-order valence-electron chi connectivity index (χ0n) is 6.61. The van der Waals surface area contributed by atoms with Crippen molar-refractivity contribution in [2.24, 2.45) is 0 Å². The van der Waals surface area contributed by atoms with Crippen LogP contribution in [0.15, 0.2) is 18.2 Å². The zero-order valence-corrected chi connectivity index (χ0v) is 6.61. The normalized spacial score (nSPS) is 11.9. The molecular formula is C8H4F5O. The minimum absolute atomic E-state index is 0.354. The summed E-state index contributed by atoms with van der Waals surface area (Å²) in [6, 6.07) is 3.95. The number of hydrogen-bond acceptors (Lipinski definition) is 1. The van der Waals surface area contributed by atoms with E-state index < -0.39 is 18.4 Å². The van der Waals surface area contributed by atoms with Gasteiger partial charge in [0.1, 0.15) is 5.75 Å². The number of benzene rings is 1. The SMILES string of the molecule is FC(F)Oc1c[c]c(C(F)(F)F)cc1. The number of halogens is 5. The molecule has 0 atom stereocenters. The smallest absolute Gasteiger partial charge is 0.417 e. The fraction of sp³-hybridized carbons (Fsp3) is 0.250. The molecule has 0 aliphatic carbocycles. The lowest BCUT2D eigenvalue weighted by Gasteiger charge is -2.07. The van der Waals surface area contributed by atoms with Crippen molar-refractivity contribution in [3.8, 4) is 5.75 Å². The third kappa shape index (κ3) is 2.86. The number of alkyl halides is 5. The first kappa shape index (κ1) is 10.7. The Morgan fingerprint density at radius 2 is 1.86 bits per heavy atom. The van der Waals surface area contributed by atoms with Crippen molar-refractivity contribution in [2.45, 2.75) is 12.8 Å². The Morgan fingerprint density at radius 1 is 1.21 bits per heavy atom. The van der Waals surface area contributed by atoms with Gasteiger partial charge in [-0.25, -0.2) is 0 Å². The van der Waals surface area contributed by atoms with Gasteiger partial charge in [-0.3, -0.25) is 0 Å². The topological polar surface area (TPSA) is 9.23 Å². The molecule has 0 heterocycles. The van der Waals surface area contributed by atoms with Gasteiger partial charge in [0.25, 0.3) is 0 Å². The second-order valence-electron chi connectivity index (χ2n) is 2.31. The van der Waals surface area contributed by atoms with E-state index in [9.17, 15) is 22.0 Å². The van der Waals surface area contributed by atoms with E-state index in [-0.39, 0.29) is 5.75 Å². The van der Waals surface area contributed by atoms with Gasteiger partial charge in [-0.05, 0) is 24.3 Å². The molecule has 0 aliphatic heterocycles. The lowest BCUT2D eigenvalue weighted by atomic mass is 10.2. The average Bonchev–Trinajstić information content (AvgIpc) is 2.02. The minimum Gasteiger partial charge on any atom is -0.435 e. The maximum absolute atomic E-state index is 12.0. The Hall–Kier alpha value is -1.33. The van der Waals surface area contributed by atoms with E-state index in [1.165, 1.54) is 0 Å². The van der Waals surface area contributed by atoms with Gasteiger partial charge in [0.05, 0.1) is 5.56 Å². The molecule has 0 bridgehead atoms. The molecule has 77 valence electrons.